The molecule has 2 N–H and O–H groups in total. The smallest absolute Gasteiger partial charge is 0.245 e. The van der Waals surface area contributed by atoms with Gasteiger partial charge in [0.15, 0.2) is 5.13 Å². The number of anilines is 1. The van der Waals surface area contributed by atoms with Crippen LogP contribution in [0.2, 0.25) is 0 Å². The summed E-state index contributed by atoms with van der Waals surface area (Å²) in [4.78, 5) is 28.9. The Kier molecular flexibility index (Phi) is 5.63. The summed E-state index contributed by atoms with van der Waals surface area (Å²) < 4.78 is 0. The van der Waals surface area contributed by atoms with Crippen LogP contribution in [0.4, 0.5) is 5.13 Å². The van der Waals surface area contributed by atoms with Crippen LogP contribution in [-0.4, -0.2) is 23.3 Å². The highest BCUT2D eigenvalue weighted by molar-refractivity contribution is 7.14. The largest absolute Gasteiger partial charge is 0.347 e. The van der Waals surface area contributed by atoms with Crippen LogP contribution in [0.15, 0.2) is 78.2 Å². The molecule has 0 aliphatic heterocycles. The number of nitrogens with one attached hydrogen (secondary N) is 2. The van der Waals surface area contributed by atoms with Crippen molar-refractivity contribution in [2.45, 2.75) is 6.42 Å². The maximum atomic E-state index is 12.3. The Morgan fingerprint density at radius 3 is 2.48 bits per heavy atom. The summed E-state index contributed by atoms with van der Waals surface area (Å²) in [6, 6.07) is 23.6. The van der Waals surface area contributed by atoms with Crippen LogP contribution in [0.25, 0.3) is 22.0 Å². The Bertz CT molecular complexity index is 1150. The molecule has 4 rings (SSSR count). The molecular formula is C23H19N3O2S. The second-order valence-corrected chi connectivity index (χ2v) is 7.40. The van der Waals surface area contributed by atoms with Crippen LogP contribution in [0, 0.1) is 0 Å². The lowest BCUT2D eigenvalue weighted by Gasteiger charge is -2.08. The van der Waals surface area contributed by atoms with Gasteiger partial charge in [0, 0.05) is 10.9 Å². The van der Waals surface area contributed by atoms with E-state index in [-0.39, 0.29) is 24.8 Å². The first-order valence-corrected chi connectivity index (χ1v) is 10.1. The number of carbonyl (C=O) groups is 2. The normalized spacial score (nSPS) is 10.6. The van der Waals surface area contributed by atoms with Gasteiger partial charge in [-0.1, -0.05) is 72.8 Å². The Labute approximate surface area is 172 Å². The molecule has 0 saturated carbocycles. The molecule has 0 atom stereocenters. The predicted octanol–water partition coefficient (Wildman–Crippen LogP) is 4.26. The zero-order valence-corrected chi connectivity index (χ0v) is 16.4. The van der Waals surface area contributed by atoms with E-state index in [1.165, 1.54) is 11.3 Å². The SMILES string of the molecule is O=C(Cc1cccc2ccccc12)NCC(=O)Nc1nc(-c2ccccc2)cs1. The molecule has 5 nitrogen and oxygen atoms in total. The molecular weight excluding hydrogens is 382 g/mol. The summed E-state index contributed by atoms with van der Waals surface area (Å²) in [5.41, 5.74) is 2.74. The maximum absolute atomic E-state index is 12.3. The highest BCUT2D eigenvalue weighted by Crippen LogP contribution is 2.24. The Morgan fingerprint density at radius 2 is 1.62 bits per heavy atom. The fourth-order valence-corrected chi connectivity index (χ4v) is 3.83. The fraction of sp³-hybridized carbons (Fsp3) is 0.0870. The predicted molar refractivity (Wildman–Crippen MR) is 117 cm³/mol. The topological polar surface area (TPSA) is 71.1 Å². The molecule has 0 unspecified atom stereocenters. The molecule has 1 heterocycles. The zero-order valence-electron chi connectivity index (χ0n) is 15.6. The summed E-state index contributed by atoms with van der Waals surface area (Å²) in [5, 5.41) is 9.96. The molecule has 29 heavy (non-hydrogen) atoms. The van der Waals surface area contributed by atoms with Crippen molar-refractivity contribution in [1.29, 1.82) is 0 Å². The van der Waals surface area contributed by atoms with Gasteiger partial charge in [0.1, 0.15) is 0 Å². The molecule has 0 saturated heterocycles. The molecule has 0 radical (unpaired) electrons. The number of benzene rings is 3. The number of amides is 2. The number of nitrogens with zero attached hydrogens (tertiary/aromatic N) is 1. The van der Waals surface area contributed by atoms with Gasteiger partial charge in [0.05, 0.1) is 18.7 Å². The third kappa shape index (κ3) is 4.67. The molecule has 2 amide bonds. The van der Waals surface area contributed by atoms with Crippen LogP contribution < -0.4 is 10.6 Å². The lowest BCUT2D eigenvalue weighted by atomic mass is 10.0. The van der Waals surface area contributed by atoms with Crippen molar-refractivity contribution in [2.24, 2.45) is 0 Å². The van der Waals surface area contributed by atoms with E-state index in [9.17, 15) is 9.59 Å². The highest BCUT2D eigenvalue weighted by atomic mass is 32.1. The average molecular weight is 401 g/mol. The number of fused-ring (bicyclic) bond motifs is 1. The van der Waals surface area contributed by atoms with Crippen molar-refractivity contribution < 1.29 is 9.59 Å². The van der Waals surface area contributed by atoms with Gasteiger partial charge in [-0.15, -0.1) is 11.3 Å². The summed E-state index contributed by atoms with van der Waals surface area (Å²) in [5.74, 6) is -0.495. The molecule has 0 bridgehead atoms. The number of hydrogen-bond donors (Lipinski definition) is 2. The highest BCUT2D eigenvalue weighted by Gasteiger charge is 2.11. The monoisotopic (exact) mass is 401 g/mol. The number of rotatable bonds is 6. The van der Waals surface area contributed by atoms with E-state index in [0.717, 1.165) is 27.6 Å². The van der Waals surface area contributed by atoms with E-state index < -0.39 is 0 Å². The van der Waals surface area contributed by atoms with Gasteiger partial charge in [-0.25, -0.2) is 4.98 Å². The Hall–Kier alpha value is -3.51. The second kappa shape index (κ2) is 8.67. The fourth-order valence-electron chi connectivity index (χ4n) is 3.10. The Balaban J connectivity index is 1.31. The molecule has 4 aromatic rings. The van der Waals surface area contributed by atoms with E-state index in [2.05, 4.69) is 15.6 Å². The lowest BCUT2D eigenvalue weighted by Crippen LogP contribution is -2.33. The summed E-state index contributed by atoms with van der Waals surface area (Å²) >= 11 is 1.36. The summed E-state index contributed by atoms with van der Waals surface area (Å²) in [6.45, 7) is -0.0934. The maximum Gasteiger partial charge on any atom is 0.245 e. The van der Waals surface area contributed by atoms with Crippen molar-refractivity contribution >= 4 is 39.1 Å². The van der Waals surface area contributed by atoms with Gasteiger partial charge in [-0.2, -0.15) is 0 Å². The van der Waals surface area contributed by atoms with Crippen molar-refractivity contribution in [3.63, 3.8) is 0 Å². The lowest BCUT2D eigenvalue weighted by molar-refractivity contribution is -0.123. The first-order valence-electron chi connectivity index (χ1n) is 9.23. The molecule has 0 aliphatic carbocycles. The minimum atomic E-state index is -0.301. The van der Waals surface area contributed by atoms with Gasteiger partial charge in [-0.3, -0.25) is 9.59 Å². The van der Waals surface area contributed by atoms with E-state index in [1.807, 2.05) is 78.2 Å². The Morgan fingerprint density at radius 1 is 0.862 bits per heavy atom. The second-order valence-electron chi connectivity index (χ2n) is 6.54. The molecule has 1 aromatic heterocycles. The van der Waals surface area contributed by atoms with Crippen LogP contribution in [0.3, 0.4) is 0 Å². The van der Waals surface area contributed by atoms with Gasteiger partial charge in [0.2, 0.25) is 11.8 Å². The van der Waals surface area contributed by atoms with Crippen LogP contribution in [-0.2, 0) is 16.0 Å². The molecule has 144 valence electrons. The first kappa shape index (κ1) is 18.8. The van der Waals surface area contributed by atoms with Crippen molar-refractivity contribution in [3.05, 3.63) is 83.7 Å². The van der Waals surface area contributed by atoms with Gasteiger partial charge in [0.25, 0.3) is 0 Å². The van der Waals surface area contributed by atoms with E-state index in [0.29, 0.717) is 5.13 Å². The van der Waals surface area contributed by atoms with Crippen LogP contribution >= 0.6 is 11.3 Å². The minimum absolute atomic E-state index is 0.0934. The standard InChI is InChI=1S/C23H19N3O2S/c27-21(13-18-11-6-10-16-7-4-5-12-19(16)18)24-14-22(28)26-23-25-20(15-29-23)17-8-2-1-3-9-17/h1-12,15H,13-14H2,(H,24,27)(H,25,26,28). The van der Waals surface area contributed by atoms with Crippen molar-refractivity contribution in [1.82, 2.24) is 10.3 Å². The van der Waals surface area contributed by atoms with E-state index in [4.69, 9.17) is 0 Å². The molecule has 3 aromatic carbocycles. The van der Waals surface area contributed by atoms with E-state index >= 15 is 0 Å². The van der Waals surface area contributed by atoms with Gasteiger partial charge >= 0.3 is 0 Å². The molecule has 0 spiro atoms. The molecule has 6 heteroatoms. The number of carbonyl (C=O) groups excluding carboxylic acids is 2. The third-order valence-corrected chi connectivity index (χ3v) is 5.25. The third-order valence-electron chi connectivity index (χ3n) is 4.50. The first-order chi connectivity index (χ1) is 14.2. The number of thiazole rings is 1. The van der Waals surface area contributed by atoms with Gasteiger partial charge < -0.3 is 10.6 Å². The van der Waals surface area contributed by atoms with E-state index in [1.54, 1.807) is 0 Å². The van der Waals surface area contributed by atoms with Crippen molar-refractivity contribution in [2.75, 3.05) is 11.9 Å². The average Bonchev–Trinajstić information content (AvgIpc) is 3.22. The summed E-state index contributed by atoms with van der Waals surface area (Å²) in [7, 11) is 0. The summed E-state index contributed by atoms with van der Waals surface area (Å²) in [6.07, 6.45) is 0.226. The quantitative estimate of drug-likeness (QED) is 0.507. The van der Waals surface area contributed by atoms with Crippen molar-refractivity contribution in [3.8, 4) is 11.3 Å². The van der Waals surface area contributed by atoms with Crippen LogP contribution in [0.5, 0.6) is 0 Å². The molecule has 0 aliphatic rings. The van der Waals surface area contributed by atoms with Gasteiger partial charge in [-0.05, 0) is 16.3 Å². The minimum Gasteiger partial charge on any atom is -0.347 e. The van der Waals surface area contributed by atoms with Crippen LogP contribution in [0.1, 0.15) is 5.56 Å². The number of hydrogen-bond acceptors (Lipinski definition) is 4. The molecule has 0 fully saturated rings. The number of aromatic nitrogens is 1. The zero-order chi connectivity index (χ0) is 20.1.